The zero-order valence-corrected chi connectivity index (χ0v) is 11.1. The molecule has 0 bridgehead atoms. The molecule has 0 unspecified atom stereocenters. The van der Waals surface area contributed by atoms with E-state index in [2.05, 4.69) is 11.9 Å². The molecule has 0 heterocycles. The van der Waals surface area contributed by atoms with Crippen LogP contribution in [0.5, 0.6) is 0 Å². The first-order valence-corrected chi connectivity index (χ1v) is 5.81. The molecular formula is C14H12F3NO3. The lowest BCUT2D eigenvalue weighted by Crippen LogP contribution is -2.25. The molecule has 4 nitrogen and oxygen atoms in total. The molecule has 0 spiro atoms. The van der Waals surface area contributed by atoms with Crippen molar-refractivity contribution in [2.45, 2.75) is 19.5 Å². The number of benzene rings is 1. The van der Waals surface area contributed by atoms with Crippen LogP contribution in [0.2, 0.25) is 0 Å². The number of carbonyl (C=O) groups excluding carboxylic acids is 3. The fourth-order valence-corrected chi connectivity index (χ4v) is 1.36. The van der Waals surface area contributed by atoms with Gasteiger partial charge in [-0.05, 0) is 19.1 Å². The number of carbonyl (C=O) groups is 3. The summed E-state index contributed by atoms with van der Waals surface area (Å²) in [4.78, 5) is 33.8. The van der Waals surface area contributed by atoms with E-state index in [4.69, 9.17) is 0 Å². The topological polar surface area (TPSA) is 63.2 Å². The zero-order valence-electron chi connectivity index (χ0n) is 11.1. The molecule has 0 saturated heterocycles. The second-order valence-electron chi connectivity index (χ2n) is 4.34. The normalized spacial score (nSPS) is 10.9. The molecule has 1 rings (SSSR count). The molecule has 0 aliphatic heterocycles. The average Bonchev–Trinajstić information content (AvgIpc) is 2.37. The van der Waals surface area contributed by atoms with Crippen LogP contribution in [0.3, 0.4) is 0 Å². The highest BCUT2D eigenvalue weighted by Gasteiger charge is 2.39. The van der Waals surface area contributed by atoms with E-state index in [0.29, 0.717) is 0 Å². The minimum Gasteiger partial charge on any atom is -0.322 e. The highest BCUT2D eigenvalue weighted by atomic mass is 19.4. The Balaban J connectivity index is 2.85. The maximum absolute atomic E-state index is 12.1. The first-order chi connectivity index (χ1) is 9.61. The predicted octanol–water partition coefficient (Wildman–Crippen LogP) is 2.91. The summed E-state index contributed by atoms with van der Waals surface area (Å²) in [6.45, 7) is 4.91. The lowest BCUT2D eigenvalue weighted by Gasteiger charge is -2.07. The van der Waals surface area contributed by atoms with Gasteiger partial charge < -0.3 is 5.32 Å². The van der Waals surface area contributed by atoms with Crippen molar-refractivity contribution in [3.05, 3.63) is 42.0 Å². The number of Topliss-reactive ketones (excluding diaryl/α,β-unsaturated/α-hetero) is 2. The van der Waals surface area contributed by atoms with Crippen molar-refractivity contribution in [1.29, 1.82) is 0 Å². The fraction of sp³-hybridized carbons (Fsp3) is 0.214. The number of hydrogen-bond acceptors (Lipinski definition) is 3. The van der Waals surface area contributed by atoms with Crippen LogP contribution in [0.1, 0.15) is 23.7 Å². The van der Waals surface area contributed by atoms with E-state index in [9.17, 15) is 27.6 Å². The molecule has 112 valence electrons. The number of amides is 1. The number of halogens is 3. The van der Waals surface area contributed by atoms with Gasteiger partial charge in [0, 0.05) is 16.8 Å². The number of hydrogen-bond donors (Lipinski definition) is 1. The van der Waals surface area contributed by atoms with E-state index >= 15 is 0 Å². The summed E-state index contributed by atoms with van der Waals surface area (Å²) in [6, 6.07) is 5.32. The predicted molar refractivity (Wildman–Crippen MR) is 69.9 cm³/mol. The Kier molecular flexibility index (Phi) is 5.02. The average molecular weight is 299 g/mol. The first-order valence-electron chi connectivity index (χ1n) is 5.81. The summed E-state index contributed by atoms with van der Waals surface area (Å²) < 4.78 is 36.3. The summed E-state index contributed by atoms with van der Waals surface area (Å²) >= 11 is 0. The minimum absolute atomic E-state index is 0.0906. The van der Waals surface area contributed by atoms with Gasteiger partial charge in [0.05, 0.1) is 6.42 Å². The van der Waals surface area contributed by atoms with Gasteiger partial charge in [-0.15, -0.1) is 0 Å². The Hall–Kier alpha value is -2.44. The lowest BCUT2D eigenvalue weighted by molar-refractivity contribution is -0.170. The van der Waals surface area contributed by atoms with Crippen molar-refractivity contribution in [3.8, 4) is 0 Å². The first kappa shape index (κ1) is 16.6. The molecule has 0 saturated carbocycles. The van der Waals surface area contributed by atoms with Gasteiger partial charge in [-0.2, -0.15) is 13.2 Å². The second kappa shape index (κ2) is 6.34. The van der Waals surface area contributed by atoms with E-state index in [1.54, 1.807) is 0 Å². The Morgan fingerprint density at radius 3 is 2.38 bits per heavy atom. The molecule has 0 aliphatic carbocycles. The maximum Gasteiger partial charge on any atom is 0.450 e. The molecule has 21 heavy (non-hydrogen) atoms. The van der Waals surface area contributed by atoms with Crippen LogP contribution in [0.15, 0.2) is 36.4 Å². The smallest absolute Gasteiger partial charge is 0.322 e. The number of anilines is 1. The highest BCUT2D eigenvalue weighted by Crippen LogP contribution is 2.20. The Morgan fingerprint density at radius 1 is 1.24 bits per heavy atom. The molecule has 1 N–H and O–H groups in total. The van der Waals surface area contributed by atoms with Crippen LogP contribution in [0.25, 0.3) is 0 Å². The van der Waals surface area contributed by atoms with E-state index in [0.717, 1.165) is 0 Å². The molecule has 0 atom stereocenters. The molecule has 0 aliphatic rings. The van der Waals surface area contributed by atoms with Gasteiger partial charge in [-0.25, -0.2) is 0 Å². The van der Waals surface area contributed by atoms with Crippen LogP contribution in [-0.4, -0.2) is 23.6 Å². The SMILES string of the molecule is C=C(C)C(=O)Nc1cccc(C(=O)CC(=O)C(F)(F)F)c1. The van der Waals surface area contributed by atoms with Gasteiger partial charge >= 0.3 is 6.18 Å². The molecule has 1 aromatic carbocycles. The van der Waals surface area contributed by atoms with E-state index < -0.39 is 30.1 Å². The Bertz CT molecular complexity index is 606. The van der Waals surface area contributed by atoms with Crippen molar-refractivity contribution >= 4 is 23.2 Å². The highest BCUT2D eigenvalue weighted by molar-refractivity contribution is 6.10. The van der Waals surface area contributed by atoms with Crippen LogP contribution < -0.4 is 5.32 Å². The maximum atomic E-state index is 12.1. The molecule has 7 heteroatoms. The van der Waals surface area contributed by atoms with E-state index in [-0.39, 0.29) is 16.8 Å². The largest absolute Gasteiger partial charge is 0.450 e. The van der Waals surface area contributed by atoms with Gasteiger partial charge in [-0.3, -0.25) is 14.4 Å². The molecule has 0 radical (unpaired) electrons. The third-order valence-electron chi connectivity index (χ3n) is 2.47. The van der Waals surface area contributed by atoms with E-state index in [1.807, 2.05) is 0 Å². The van der Waals surface area contributed by atoms with Gasteiger partial charge in [0.25, 0.3) is 5.91 Å². The van der Waals surface area contributed by atoms with Gasteiger partial charge in [0.2, 0.25) is 5.78 Å². The van der Waals surface area contributed by atoms with Gasteiger partial charge in [0.1, 0.15) is 0 Å². The third kappa shape index (κ3) is 4.87. The molecular weight excluding hydrogens is 287 g/mol. The second-order valence-corrected chi connectivity index (χ2v) is 4.34. The summed E-state index contributed by atoms with van der Waals surface area (Å²) in [6.07, 6.45) is -6.30. The Labute approximate surface area is 118 Å². The standard InChI is InChI=1S/C14H12F3NO3/c1-8(2)13(21)18-10-5-3-4-9(6-10)11(19)7-12(20)14(15,16)17/h3-6H,1,7H2,2H3,(H,18,21). The number of nitrogens with one attached hydrogen (secondary N) is 1. The molecule has 0 aromatic heterocycles. The van der Waals surface area contributed by atoms with E-state index in [1.165, 1.54) is 31.2 Å². The third-order valence-corrected chi connectivity index (χ3v) is 2.47. The van der Waals surface area contributed by atoms with Crippen LogP contribution in [0.4, 0.5) is 18.9 Å². The zero-order chi connectivity index (χ0) is 16.2. The fourth-order valence-electron chi connectivity index (χ4n) is 1.36. The summed E-state index contributed by atoms with van der Waals surface area (Å²) in [5.41, 5.74) is 0.374. The van der Waals surface area contributed by atoms with Crippen molar-refractivity contribution in [2.24, 2.45) is 0 Å². The quantitative estimate of drug-likeness (QED) is 0.516. The van der Waals surface area contributed by atoms with Gasteiger partial charge in [0.15, 0.2) is 5.78 Å². The summed E-state index contributed by atoms with van der Waals surface area (Å²) in [5.74, 6) is -3.56. The van der Waals surface area contributed by atoms with Crippen LogP contribution in [-0.2, 0) is 9.59 Å². The lowest BCUT2D eigenvalue weighted by atomic mass is 10.1. The van der Waals surface area contributed by atoms with Crippen LogP contribution >= 0.6 is 0 Å². The van der Waals surface area contributed by atoms with Crippen molar-refractivity contribution in [2.75, 3.05) is 5.32 Å². The van der Waals surface area contributed by atoms with Crippen molar-refractivity contribution in [1.82, 2.24) is 0 Å². The molecule has 1 aromatic rings. The Morgan fingerprint density at radius 2 is 1.86 bits per heavy atom. The van der Waals surface area contributed by atoms with Gasteiger partial charge in [-0.1, -0.05) is 18.7 Å². The van der Waals surface area contributed by atoms with Crippen molar-refractivity contribution in [3.63, 3.8) is 0 Å². The number of alkyl halides is 3. The summed E-state index contributed by atoms with van der Waals surface area (Å²) in [7, 11) is 0. The van der Waals surface area contributed by atoms with Crippen molar-refractivity contribution < 1.29 is 27.6 Å². The number of rotatable bonds is 5. The van der Waals surface area contributed by atoms with Crippen LogP contribution in [0, 0.1) is 0 Å². The molecule has 1 amide bonds. The number of ketones is 2. The monoisotopic (exact) mass is 299 g/mol. The molecule has 0 fully saturated rings. The summed E-state index contributed by atoms with van der Waals surface area (Å²) in [5, 5.41) is 2.42. The minimum atomic E-state index is -5.04.